The van der Waals surface area contributed by atoms with Gasteiger partial charge in [-0.2, -0.15) is 0 Å². The summed E-state index contributed by atoms with van der Waals surface area (Å²) in [4.78, 5) is 4.89. The van der Waals surface area contributed by atoms with Gasteiger partial charge in [0.1, 0.15) is 11.2 Å². The van der Waals surface area contributed by atoms with Gasteiger partial charge in [-0.25, -0.2) is 0 Å². The predicted octanol–water partition coefficient (Wildman–Crippen LogP) is 14.0. The molecule has 0 atom stereocenters. The molecule has 304 valence electrons. The maximum absolute atomic E-state index is 6.25. The zero-order valence-electron chi connectivity index (χ0n) is 35.9. The second-order valence-electron chi connectivity index (χ2n) is 17.7. The Morgan fingerprint density at radius 1 is 0.619 bits per heavy atom. The van der Waals surface area contributed by atoms with Crippen LogP contribution in [0, 0.1) is 0 Å². The number of allylic oxidation sites excluding steroid dienone is 3. The summed E-state index contributed by atoms with van der Waals surface area (Å²) in [6.45, 7) is 6.80. The second kappa shape index (κ2) is 15.8. The van der Waals surface area contributed by atoms with Crippen LogP contribution >= 0.6 is 0 Å². The van der Waals surface area contributed by atoms with Crippen molar-refractivity contribution in [1.29, 1.82) is 0 Å². The van der Waals surface area contributed by atoms with E-state index in [1.165, 1.54) is 33.3 Å². The number of furan rings is 1. The number of hydrogen-bond donors (Lipinski definition) is 1. The second-order valence-corrected chi connectivity index (χ2v) is 17.7. The quantitative estimate of drug-likeness (QED) is 0.155. The number of rotatable bonds is 8. The van der Waals surface area contributed by atoms with E-state index < -0.39 is 0 Å². The van der Waals surface area contributed by atoms with E-state index in [4.69, 9.17) is 4.42 Å². The molecule has 2 heterocycles. The van der Waals surface area contributed by atoms with Gasteiger partial charge in [0, 0.05) is 56.3 Å². The minimum Gasteiger partial charge on any atom is -0.456 e. The number of benzene rings is 8. The lowest BCUT2D eigenvalue weighted by Crippen LogP contribution is -2.57. The van der Waals surface area contributed by atoms with Gasteiger partial charge in [0.05, 0.1) is 0 Å². The molecule has 0 saturated carbocycles. The highest BCUT2D eigenvalue weighted by Gasteiger charge is 2.38. The summed E-state index contributed by atoms with van der Waals surface area (Å²) in [5, 5.41) is 6.21. The molecule has 4 nitrogen and oxygen atoms in total. The molecular formula is C58H48BN3O. The highest BCUT2D eigenvalue weighted by Crippen LogP contribution is 2.43. The first-order valence-corrected chi connectivity index (χ1v) is 22.1. The Hall–Kier alpha value is -7.50. The summed E-state index contributed by atoms with van der Waals surface area (Å²) in [5.74, 6) is 0. The van der Waals surface area contributed by atoms with Crippen LogP contribution in [0.2, 0.25) is 0 Å². The molecule has 0 fully saturated rings. The van der Waals surface area contributed by atoms with Crippen LogP contribution < -0.4 is 31.5 Å². The van der Waals surface area contributed by atoms with Crippen molar-refractivity contribution in [3.05, 3.63) is 218 Å². The fraction of sp³-hybridized carbons (Fsp3) is 0.103. The fourth-order valence-electron chi connectivity index (χ4n) is 9.63. The monoisotopic (exact) mass is 813 g/mol. The van der Waals surface area contributed by atoms with Gasteiger partial charge >= 0.3 is 0 Å². The first-order valence-electron chi connectivity index (χ1n) is 22.1. The van der Waals surface area contributed by atoms with Gasteiger partial charge in [-0.3, -0.25) is 0 Å². The van der Waals surface area contributed by atoms with Gasteiger partial charge in [-0.15, -0.1) is 0 Å². The van der Waals surface area contributed by atoms with Crippen LogP contribution in [0.15, 0.2) is 216 Å². The SMILES string of the molecule is CC(C)(C)c1ccc(N2c3cc(N(C4=CCCC=C4)c4ccccc4)ccc3B(c3ccccc3)c3c(Nc4ccc(-c5cccc6oc7ccccc7c56)cc4)cccc32)cc1. The Kier molecular flexibility index (Phi) is 9.61. The van der Waals surface area contributed by atoms with Gasteiger partial charge in [0.15, 0.2) is 0 Å². The largest absolute Gasteiger partial charge is 0.456 e. The summed E-state index contributed by atoms with van der Waals surface area (Å²) in [7, 11) is 0. The molecule has 9 aromatic rings. The van der Waals surface area contributed by atoms with Crippen LogP contribution in [-0.2, 0) is 5.41 Å². The molecular weight excluding hydrogens is 765 g/mol. The van der Waals surface area contributed by atoms with Crippen LogP contribution in [0.1, 0.15) is 39.2 Å². The maximum atomic E-state index is 6.25. The van der Waals surface area contributed by atoms with E-state index in [-0.39, 0.29) is 12.1 Å². The lowest BCUT2D eigenvalue weighted by atomic mass is 9.34. The maximum Gasteiger partial charge on any atom is 0.249 e. The summed E-state index contributed by atoms with van der Waals surface area (Å²) in [6, 6.07) is 68.2. The Balaban J connectivity index is 1.06. The number of fused-ring (bicyclic) bond motifs is 5. The Morgan fingerprint density at radius 2 is 1.35 bits per heavy atom. The number of hydrogen-bond acceptors (Lipinski definition) is 4. The van der Waals surface area contributed by atoms with Crippen molar-refractivity contribution in [2.24, 2.45) is 0 Å². The molecule has 1 aliphatic heterocycles. The van der Waals surface area contributed by atoms with Crippen molar-refractivity contribution < 1.29 is 4.42 Å². The molecule has 0 amide bonds. The number of anilines is 7. The van der Waals surface area contributed by atoms with Gasteiger partial charge in [0.25, 0.3) is 0 Å². The first-order chi connectivity index (χ1) is 30.9. The van der Waals surface area contributed by atoms with Gasteiger partial charge in [-0.05, 0) is 125 Å². The molecule has 5 heteroatoms. The molecule has 1 aromatic heterocycles. The Labute approximate surface area is 370 Å². The van der Waals surface area contributed by atoms with Crippen LogP contribution in [0.4, 0.5) is 39.8 Å². The number of nitrogens with zero attached hydrogens (tertiary/aromatic N) is 2. The van der Waals surface area contributed by atoms with Crippen LogP contribution in [0.25, 0.3) is 33.1 Å². The molecule has 11 rings (SSSR count). The van der Waals surface area contributed by atoms with Crippen LogP contribution in [-0.4, -0.2) is 6.71 Å². The number of para-hydroxylation sites is 2. The Morgan fingerprint density at radius 3 is 2.11 bits per heavy atom. The fourth-order valence-corrected chi connectivity index (χ4v) is 9.63. The average molecular weight is 814 g/mol. The zero-order chi connectivity index (χ0) is 42.5. The number of nitrogens with one attached hydrogen (secondary N) is 1. The van der Waals surface area contributed by atoms with Crippen molar-refractivity contribution in [3.63, 3.8) is 0 Å². The molecule has 0 saturated heterocycles. The summed E-state index contributed by atoms with van der Waals surface area (Å²) < 4.78 is 6.25. The van der Waals surface area contributed by atoms with E-state index in [1.807, 2.05) is 12.1 Å². The molecule has 1 aliphatic carbocycles. The lowest BCUT2D eigenvalue weighted by molar-refractivity contribution is 0.590. The molecule has 0 spiro atoms. The van der Waals surface area contributed by atoms with Crippen molar-refractivity contribution in [1.82, 2.24) is 0 Å². The predicted molar refractivity (Wildman–Crippen MR) is 268 cm³/mol. The first kappa shape index (κ1) is 38.4. The lowest BCUT2D eigenvalue weighted by Gasteiger charge is -2.39. The summed E-state index contributed by atoms with van der Waals surface area (Å²) in [6.07, 6.45) is 9.00. The van der Waals surface area contributed by atoms with E-state index >= 15 is 0 Å². The van der Waals surface area contributed by atoms with E-state index in [0.29, 0.717) is 0 Å². The Bertz CT molecular complexity index is 3180. The summed E-state index contributed by atoms with van der Waals surface area (Å²) in [5.41, 5.74) is 18.2. The third kappa shape index (κ3) is 7.00. The van der Waals surface area contributed by atoms with Gasteiger partial charge in [-0.1, -0.05) is 154 Å². The van der Waals surface area contributed by atoms with E-state index in [0.717, 1.165) is 80.0 Å². The van der Waals surface area contributed by atoms with Gasteiger partial charge in [0.2, 0.25) is 6.71 Å². The van der Waals surface area contributed by atoms with Crippen molar-refractivity contribution in [2.75, 3.05) is 15.1 Å². The molecule has 8 aromatic carbocycles. The molecule has 0 radical (unpaired) electrons. The third-order valence-corrected chi connectivity index (χ3v) is 12.7. The van der Waals surface area contributed by atoms with E-state index in [2.05, 4.69) is 230 Å². The molecule has 0 bridgehead atoms. The normalized spacial score (nSPS) is 13.5. The molecule has 0 unspecified atom stereocenters. The van der Waals surface area contributed by atoms with Crippen molar-refractivity contribution >= 4 is 84.9 Å². The van der Waals surface area contributed by atoms with Crippen LogP contribution in [0.3, 0.4) is 0 Å². The zero-order valence-corrected chi connectivity index (χ0v) is 35.9. The van der Waals surface area contributed by atoms with Crippen molar-refractivity contribution in [3.8, 4) is 11.1 Å². The average Bonchev–Trinajstić information content (AvgIpc) is 3.71. The topological polar surface area (TPSA) is 31.6 Å². The molecule has 1 N–H and O–H groups in total. The van der Waals surface area contributed by atoms with E-state index in [1.54, 1.807) is 0 Å². The molecule has 2 aliphatic rings. The minimum absolute atomic E-state index is 0.0324. The smallest absolute Gasteiger partial charge is 0.249 e. The van der Waals surface area contributed by atoms with Crippen molar-refractivity contribution in [2.45, 2.75) is 39.0 Å². The van der Waals surface area contributed by atoms with Gasteiger partial charge < -0.3 is 19.5 Å². The highest BCUT2D eigenvalue weighted by atomic mass is 16.3. The highest BCUT2D eigenvalue weighted by molar-refractivity contribution is 6.98. The van der Waals surface area contributed by atoms with Crippen LogP contribution in [0.5, 0.6) is 0 Å². The standard InChI is InChI=1S/C58H48BN3O/c1-58(2,3)41-31-35-46(36-32-41)62-52-26-16-25-51(60-43-33-29-40(30-34-43)48-24-15-28-55-56(48)49-23-13-14-27-54(49)63-55)57(52)59(42-17-7-4-8-18-42)50-38-37-47(39-53(50)62)61(44-19-9-5-10-20-44)45-21-11-6-12-22-45/h4-5,7-11,13-39,60H,6,12H2,1-3H3. The molecule has 63 heavy (non-hydrogen) atoms. The third-order valence-electron chi connectivity index (χ3n) is 12.7. The minimum atomic E-state index is -0.0377. The summed E-state index contributed by atoms with van der Waals surface area (Å²) >= 11 is 0. The van der Waals surface area contributed by atoms with E-state index in [9.17, 15) is 0 Å².